The molecule has 4 heteroatoms. The predicted octanol–water partition coefficient (Wildman–Crippen LogP) is 2.13. The van der Waals surface area contributed by atoms with Gasteiger partial charge in [-0.15, -0.1) is 5.92 Å². The van der Waals surface area contributed by atoms with Gasteiger partial charge in [0.2, 0.25) is 0 Å². The molecule has 0 unspecified atom stereocenters. The number of hydrogen-bond acceptors (Lipinski definition) is 3. The third kappa shape index (κ3) is 2.61. The first-order valence-corrected chi connectivity index (χ1v) is 4.80. The summed E-state index contributed by atoms with van der Waals surface area (Å²) in [6.07, 6.45) is 2.25. The molecule has 0 radical (unpaired) electrons. The van der Waals surface area contributed by atoms with Crippen molar-refractivity contribution in [2.45, 2.75) is 20.3 Å². The maximum Gasteiger partial charge on any atom is 0.137 e. The van der Waals surface area contributed by atoms with Crippen LogP contribution in [0, 0.1) is 11.8 Å². The minimum absolute atomic E-state index is 0.509. The molecule has 0 fully saturated rings. The lowest BCUT2D eigenvalue weighted by molar-refractivity contribution is 1.04. The van der Waals surface area contributed by atoms with Gasteiger partial charge in [0.1, 0.15) is 17.3 Å². The molecule has 0 aliphatic rings. The number of nitrogens with zero attached hydrogens (tertiary/aromatic N) is 2. The molecule has 1 aromatic heterocycles. The minimum Gasteiger partial charge on any atom is -0.359 e. The Labute approximate surface area is 88.9 Å². The van der Waals surface area contributed by atoms with Gasteiger partial charge in [0.25, 0.3) is 0 Å². The van der Waals surface area contributed by atoms with E-state index in [1.54, 1.807) is 6.92 Å². The third-order valence-electron chi connectivity index (χ3n) is 1.77. The van der Waals surface area contributed by atoms with Gasteiger partial charge in [-0.1, -0.05) is 24.4 Å². The van der Waals surface area contributed by atoms with Crippen LogP contribution in [0.4, 0.5) is 5.82 Å². The van der Waals surface area contributed by atoms with Crippen LogP contribution in [0.1, 0.15) is 19.4 Å². The molecule has 1 N–H and O–H groups in total. The number of rotatable bonds is 3. The van der Waals surface area contributed by atoms with Gasteiger partial charge >= 0.3 is 0 Å². The molecule has 0 saturated carbocycles. The van der Waals surface area contributed by atoms with E-state index in [0.717, 1.165) is 17.8 Å². The zero-order valence-electron chi connectivity index (χ0n) is 8.26. The summed E-state index contributed by atoms with van der Waals surface area (Å²) in [5, 5.41) is 3.61. The van der Waals surface area contributed by atoms with Crippen molar-refractivity contribution in [1.29, 1.82) is 0 Å². The summed E-state index contributed by atoms with van der Waals surface area (Å²) in [5.74, 6) is 6.48. The van der Waals surface area contributed by atoms with Gasteiger partial charge in [-0.2, -0.15) is 0 Å². The van der Waals surface area contributed by atoms with Gasteiger partial charge in [0.05, 0.1) is 6.54 Å². The summed E-state index contributed by atoms with van der Waals surface area (Å²) in [6.45, 7) is 4.40. The number of nitrogens with one attached hydrogen (secondary N) is 1. The van der Waals surface area contributed by atoms with E-state index in [9.17, 15) is 0 Å². The minimum atomic E-state index is 0.509. The quantitative estimate of drug-likeness (QED) is 0.612. The van der Waals surface area contributed by atoms with E-state index in [1.165, 1.54) is 6.33 Å². The highest BCUT2D eigenvalue weighted by Gasteiger charge is 2.05. The first-order chi connectivity index (χ1) is 6.79. The Hall–Kier alpha value is -1.27. The molecule has 1 aromatic rings. The van der Waals surface area contributed by atoms with Crippen molar-refractivity contribution in [2.24, 2.45) is 0 Å². The predicted molar refractivity (Wildman–Crippen MR) is 58.4 cm³/mol. The van der Waals surface area contributed by atoms with E-state index in [2.05, 4.69) is 27.1 Å². The maximum absolute atomic E-state index is 5.92. The first kappa shape index (κ1) is 10.8. The smallest absolute Gasteiger partial charge is 0.137 e. The monoisotopic (exact) mass is 209 g/mol. The van der Waals surface area contributed by atoms with Crippen molar-refractivity contribution in [1.82, 2.24) is 9.97 Å². The molecule has 74 valence electrons. The SMILES string of the molecule is CC#CCNc1ncnc(Cl)c1CC. The highest BCUT2D eigenvalue weighted by molar-refractivity contribution is 6.30. The molecule has 0 aliphatic carbocycles. The second kappa shape index (κ2) is 5.46. The van der Waals surface area contributed by atoms with Crippen LogP contribution >= 0.6 is 11.6 Å². The summed E-state index contributed by atoms with van der Waals surface area (Å²) in [6, 6.07) is 0. The summed E-state index contributed by atoms with van der Waals surface area (Å²) >= 11 is 5.92. The Morgan fingerprint density at radius 3 is 2.93 bits per heavy atom. The van der Waals surface area contributed by atoms with Crippen molar-refractivity contribution < 1.29 is 0 Å². The second-order valence-corrected chi connectivity index (χ2v) is 2.98. The van der Waals surface area contributed by atoms with Gasteiger partial charge in [0, 0.05) is 5.56 Å². The Morgan fingerprint density at radius 2 is 2.29 bits per heavy atom. The molecule has 0 atom stereocenters. The average Bonchev–Trinajstić information content (AvgIpc) is 2.18. The van der Waals surface area contributed by atoms with E-state index in [4.69, 9.17) is 11.6 Å². The molecular formula is C10H12ClN3. The Kier molecular flexibility index (Phi) is 4.21. The molecule has 1 rings (SSSR count). The Morgan fingerprint density at radius 1 is 1.50 bits per heavy atom. The van der Waals surface area contributed by atoms with E-state index in [-0.39, 0.29) is 0 Å². The molecule has 0 aromatic carbocycles. The number of aromatic nitrogens is 2. The topological polar surface area (TPSA) is 37.8 Å². The van der Waals surface area contributed by atoms with E-state index < -0.39 is 0 Å². The second-order valence-electron chi connectivity index (χ2n) is 2.63. The van der Waals surface area contributed by atoms with E-state index >= 15 is 0 Å². The van der Waals surface area contributed by atoms with Crippen LogP contribution in [0.15, 0.2) is 6.33 Å². The highest BCUT2D eigenvalue weighted by Crippen LogP contribution is 2.19. The lowest BCUT2D eigenvalue weighted by atomic mass is 10.2. The standard InChI is InChI=1S/C10H12ClN3/c1-3-5-6-12-10-8(4-2)9(11)13-7-14-10/h7H,4,6H2,1-2H3,(H,12,13,14). The molecule has 0 amide bonds. The lowest BCUT2D eigenvalue weighted by Crippen LogP contribution is -2.05. The zero-order chi connectivity index (χ0) is 10.4. The number of anilines is 1. The fourth-order valence-corrected chi connectivity index (χ4v) is 1.34. The van der Waals surface area contributed by atoms with Crippen LogP contribution < -0.4 is 5.32 Å². The van der Waals surface area contributed by atoms with Crippen LogP contribution in [0.2, 0.25) is 5.15 Å². The maximum atomic E-state index is 5.92. The summed E-state index contributed by atoms with van der Waals surface area (Å²) in [5.41, 5.74) is 0.937. The van der Waals surface area contributed by atoms with Gasteiger partial charge in [-0.25, -0.2) is 9.97 Å². The molecule has 1 heterocycles. The van der Waals surface area contributed by atoms with Crippen molar-refractivity contribution in [3.8, 4) is 11.8 Å². The van der Waals surface area contributed by atoms with Gasteiger partial charge < -0.3 is 5.32 Å². The molecule has 0 saturated heterocycles. The lowest BCUT2D eigenvalue weighted by Gasteiger charge is -2.07. The zero-order valence-corrected chi connectivity index (χ0v) is 9.02. The van der Waals surface area contributed by atoms with Crippen LogP contribution in [0.5, 0.6) is 0 Å². The fourth-order valence-electron chi connectivity index (χ4n) is 1.07. The Balaban J connectivity index is 2.83. The van der Waals surface area contributed by atoms with Crippen LogP contribution in [0.3, 0.4) is 0 Å². The highest BCUT2D eigenvalue weighted by atomic mass is 35.5. The van der Waals surface area contributed by atoms with E-state index in [0.29, 0.717) is 11.7 Å². The normalized spacial score (nSPS) is 9.07. The average molecular weight is 210 g/mol. The summed E-state index contributed by atoms with van der Waals surface area (Å²) in [7, 11) is 0. The fraction of sp³-hybridized carbons (Fsp3) is 0.400. The van der Waals surface area contributed by atoms with Crippen molar-refractivity contribution in [3.63, 3.8) is 0 Å². The molecule has 14 heavy (non-hydrogen) atoms. The molecule has 0 bridgehead atoms. The molecule has 0 spiro atoms. The third-order valence-corrected chi connectivity index (χ3v) is 2.09. The van der Waals surface area contributed by atoms with Gasteiger partial charge in [-0.3, -0.25) is 0 Å². The number of hydrogen-bond donors (Lipinski definition) is 1. The van der Waals surface area contributed by atoms with Crippen LogP contribution in [-0.2, 0) is 6.42 Å². The summed E-state index contributed by atoms with van der Waals surface area (Å²) in [4.78, 5) is 8.02. The van der Waals surface area contributed by atoms with Crippen LogP contribution in [0.25, 0.3) is 0 Å². The molecule has 3 nitrogen and oxygen atoms in total. The van der Waals surface area contributed by atoms with Gasteiger partial charge in [0.15, 0.2) is 0 Å². The summed E-state index contributed by atoms with van der Waals surface area (Å²) < 4.78 is 0. The van der Waals surface area contributed by atoms with Crippen molar-refractivity contribution in [2.75, 3.05) is 11.9 Å². The van der Waals surface area contributed by atoms with Crippen molar-refractivity contribution in [3.05, 3.63) is 17.0 Å². The largest absolute Gasteiger partial charge is 0.359 e. The first-order valence-electron chi connectivity index (χ1n) is 4.42. The van der Waals surface area contributed by atoms with Gasteiger partial charge in [-0.05, 0) is 13.3 Å². The molecule has 0 aliphatic heterocycles. The van der Waals surface area contributed by atoms with E-state index in [1.807, 2.05) is 6.92 Å². The Bertz CT molecular complexity index is 365. The number of halogens is 1. The van der Waals surface area contributed by atoms with Crippen molar-refractivity contribution >= 4 is 17.4 Å². The van der Waals surface area contributed by atoms with Crippen LogP contribution in [-0.4, -0.2) is 16.5 Å². The molecular weight excluding hydrogens is 198 g/mol.